The molecule has 0 saturated heterocycles. The normalized spacial score (nSPS) is 15.8. The maximum absolute atomic E-state index is 12.1. The number of carbonyl (C=O) groups excluding carboxylic acids is 1. The minimum absolute atomic E-state index is 0.0369. The van der Waals surface area contributed by atoms with E-state index < -0.39 is 0 Å². The van der Waals surface area contributed by atoms with Gasteiger partial charge in [-0.05, 0) is 61.1 Å². The Balaban J connectivity index is 1.58. The quantitative estimate of drug-likeness (QED) is 0.681. The Labute approximate surface area is 166 Å². The molecule has 1 aromatic heterocycles. The minimum atomic E-state index is -0.0369. The molecule has 1 unspecified atom stereocenters. The Morgan fingerprint density at radius 2 is 2.19 bits per heavy atom. The van der Waals surface area contributed by atoms with Gasteiger partial charge in [-0.15, -0.1) is 11.8 Å². The van der Waals surface area contributed by atoms with Crippen molar-refractivity contribution in [1.82, 2.24) is 4.98 Å². The lowest BCUT2D eigenvalue weighted by Crippen LogP contribution is -2.14. The van der Waals surface area contributed by atoms with Crippen molar-refractivity contribution in [2.24, 2.45) is 5.92 Å². The molecule has 0 fully saturated rings. The lowest BCUT2D eigenvalue weighted by atomic mass is 9.87. The minimum Gasteiger partial charge on any atom is -0.326 e. The maximum Gasteiger partial charge on any atom is 0.225 e. The first-order valence-electron chi connectivity index (χ1n) is 8.66. The fraction of sp³-hybridized carbons (Fsp3) is 0.350. The molecular weight excluding hydrogens is 410 g/mol. The van der Waals surface area contributed by atoms with Crippen LogP contribution < -0.4 is 5.32 Å². The molecule has 0 bridgehead atoms. The molecule has 26 heavy (non-hydrogen) atoms. The number of halogens is 1. The van der Waals surface area contributed by atoms with Gasteiger partial charge in [-0.2, -0.15) is 5.26 Å². The zero-order valence-electron chi connectivity index (χ0n) is 14.6. The SMILES string of the molecule is CC1CCc2nc(SCCC(=O)Nc3ccc(Br)cc3)c(C#N)cc2C1. The molecule has 2 aromatic rings. The third-order valence-corrected chi connectivity index (χ3v) is 5.94. The van der Waals surface area contributed by atoms with Crippen molar-refractivity contribution in [2.75, 3.05) is 11.1 Å². The average Bonchev–Trinajstić information content (AvgIpc) is 2.63. The fourth-order valence-corrected chi connectivity index (χ4v) is 4.19. The number of aryl methyl sites for hydroxylation is 1. The molecule has 0 aliphatic heterocycles. The van der Waals surface area contributed by atoms with Crippen molar-refractivity contribution >= 4 is 39.3 Å². The van der Waals surface area contributed by atoms with Crippen LogP contribution in [0.2, 0.25) is 0 Å². The van der Waals surface area contributed by atoms with Gasteiger partial charge in [0, 0.05) is 28.0 Å². The van der Waals surface area contributed by atoms with Crippen molar-refractivity contribution in [2.45, 2.75) is 37.6 Å². The number of amides is 1. The number of rotatable bonds is 5. The summed E-state index contributed by atoms with van der Waals surface area (Å²) in [5.74, 6) is 1.21. The van der Waals surface area contributed by atoms with Crippen LogP contribution in [0.15, 0.2) is 39.8 Å². The van der Waals surface area contributed by atoms with Gasteiger partial charge in [-0.3, -0.25) is 4.79 Å². The number of anilines is 1. The number of nitrogens with zero attached hydrogens (tertiary/aromatic N) is 2. The molecule has 0 saturated carbocycles. The van der Waals surface area contributed by atoms with Gasteiger partial charge in [0.25, 0.3) is 0 Å². The molecular formula is C20H20BrN3OS. The van der Waals surface area contributed by atoms with Crippen LogP contribution in [0.1, 0.15) is 36.6 Å². The standard InChI is InChI=1S/C20H20BrN3OS/c1-13-2-7-18-14(10-13)11-15(12-22)20(24-18)26-9-8-19(25)23-17-5-3-16(21)4-6-17/h3-6,11,13H,2,7-10H2,1H3,(H,23,25). The zero-order valence-corrected chi connectivity index (χ0v) is 17.0. The van der Waals surface area contributed by atoms with Crippen molar-refractivity contribution in [3.63, 3.8) is 0 Å². The summed E-state index contributed by atoms with van der Waals surface area (Å²) in [6.07, 6.45) is 3.49. The molecule has 1 aliphatic carbocycles. The summed E-state index contributed by atoms with van der Waals surface area (Å²) in [5.41, 5.74) is 3.72. The number of hydrogen-bond donors (Lipinski definition) is 1. The highest BCUT2D eigenvalue weighted by molar-refractivity contribution is 9.10. The second-order valence-corrected chi connectivity index (χ2v) is 8.56. The Hall–Kier alpha value is -1.84. The second-order valence-electron chi connectivity index (χ2n) is 6.56. The average molecular weight is 430 g/mol. The monoisotopic (exact) mass is 429 g/mol. The number of benzene rings is 1. The Bertz CT molecular complexity index is 845. The van der Waals surface area contributed by atoms with Crippen molar-refractivity contribution in [3.8, 4) is 6.07 Å². The van der Waals surface area contributed by atoms with E-state index in [0.29, 0.717) is 23.7 Å². The topological polar surface area (TPSA) is 65.8 Å². The molecule has 1 aromatic carbocycles. The number of carbonyl (C=O) groups is 1. The van der Waals surface area contributed by atoms with E-state index in [-0.39, 0.29) is 5.91 Å². The Morgan fingerprint density at radius 3 is 2.92 bits per heavy atom. The van der Waals surface area contributed by atoms with Gasteiger partial charge in [-0.1, -0.05) is 22.9 Å². The molecule has 1 amide bonds. The third-order valence-electron chi connectivity index (χ3n) is 4.41. The van der Waals surface area contributed by atoms with E-state index >= 15 is 0 Å². The van der Waals surface area contributed by atoms with E-state index in [4.69, 9.17) is 4.98 Å². The maximum atomic E-state index is 12.1. The number of nitriles is 1. The fourth-order valence-electron chi connectivity index (χ4n) is 3.01. The first-order valence-corrected chi connectivity index (χ1v) is 10.4. The number of nitrogens with one attached hydrogen (secondary N) is 1. The van der Waals surface area contributed by atoms with Crippen molar-refractivity contribution < 1.29 is 4.79 Å². The number of pyridine rings is 1. The molecule has 1 heterocycles. The molecule has 4 nitrogen and oxygen atoms in total. The van der Waals surface area contributed by atoms with Crippen LogP contribution in [0.25, 0.3) is 0 Å². The molecule has 1 aliphatic rings. The van der Waals surface area contributed by atoms with E-state index in [1.54, 1.807) is 0 Å². The number of aromatic nitrogens is 1. The summed E-state index contributed by atoms with van der Waals surface area (Å²) in [5, 5.41) is 13.1. The van der Waals surface area contributed by atoms with Gasteiger partial charge in [0.05, 0.1) is 5.56 Å². The number of hydrogen-bond acceptors (Lipinski definition) is 4. The van der Waals surface area contributed by atoms with Gasteiger partial charge in [0.1, 0.15) is 11.1 Å². The van der Waals surface area contributed by atoms with Gasteiger partial charge in [-0.25, -0.2) is 4.98 Å². The highest BCUT2D eigenvalue weighted by Crippen LogP contribution is 2.29. The van der Waals surface area contributed by atoms with Crippen LogP contribution in [0.4, 0.5) is 5.69 Å². The second kappa shape index (κ2) is 8.70. The van der Waals surface area contributed by atoms with Crippen molar-refractivity contribution in [1.29, 1.82) is 5.26 Å². The van der Waals surface area contributed by atoms with Gasteiger partial charge >= 0.3 is 0 Å². The van der Waals surface area contributed by atoms with E-state index in [1.807, 2.05) is 30.3 Å². The van der Waals surface area contributed by atoms with Gasteiger partial charge in [0.2, 0.25) is 5.91 Å². The molecule has 0 radical (unpaired) electrons. The summed E-state index contributed by atoms with van der Waals surface area (Å²) < 4.78 is 0.975. The van der Waals surface area contributed by atoms with E-state index in [0.717, 1.165) is 40.1 Å². The molecule has 0 spiro atoms. The van der Waals surface area contributed by atoms with E-state index in [1.165, 1.54) is 17.3 Å². The summed E-state index contributed by atoms with van der Waals surface area (Å²) in [6.45, 7) is 2.24. The van der Waals surface area contributed by atoms with Crippen LogP contribution in [0.3, 0.4) is 0 Å². The molecule has 3 rings (SSSR count). The van der Waals surface area contributed by atoms with Crippen LogP contribution in [0.5, 0.6) is 0 Å². The Kier molecular flexibility index (Phi) is 6.33. The molecule has 1 N–H and O–H groups in total. The number of thioether (sulfide) groups is 1. The molecule has 6 heteroatoms. The highest BCUT2D eigenvalue weighted by Gasteiger charge is 2.19. The van der Waals surface area contributed by atoms with E-state index in [9.17, 15) is 10.1 Å². The van der Waals surface area contributed by atoms with E-state index in [2.05, 4.69) is 34.2 Å². The molecule has 134 valence electrons. The first-order chi connectivity index (χ1) is 12.5. The third kappa shape index (κ3) is 4.87. The van der Waals surface area contributed by atoms with Crippen LogP contribution in [-0.2, 0) is 17.6 Å². The number of fused-ring (bicyclic) bond motifs is 1. The smallest absolute Gasteiger partial charge is 0.225 e. The lowest BCUT2D eigenvalue weighted by molar-refractivity contribution is -0.115. The van der Waals surface area contributed by atoms with Crippen LogP contribution in [0, 0.1) is 17.2 Å². The van der Waals surface area contributed by atoms with Crippen LogP contribution >= 0.6 is 27.7 Å². The summed E-state index contributed by atoms with van der Waals surface area (Å²) >= 11 is 4.86. The van der Waals surface area contributed by atoms with Gasteiger partial charge < -0.3 is 5.32 Å². The zero-order chi connectivity index (χ0) is 18.5. The predicted octanol–water partition coefficient (Wildman–Crippen LogP) is 4.96. The highest BCUT2D eigenvalue weighted by atomic mass is 79.9. The Morgan fingerprint density at radius 1 is 1.42 bits per heavy atom. The summed E-state index contributed by atoms with van der Waals surface area (Å²) in [6, 6.07) is 11.7. The predicted molar refractivity (Wildman–Crippen MR) is 108 cm³/mol. The largest absolute Gasteiger partial charge is 0.326 e. The van der Waals surface area contributed by atoms with Crippen molar-refractivity contribution in [3.05, 3.63) is 51.6 Å². The lowest BCUT2D eigenvalue weighted by Gasteiger charge is -2.21. The summed E-state index contributed by atoms with van der Waals surface area (Å²) in [4.78, 5) is 16.8. The van der Waals surface area contributed by atoms with Crippen LogP contribution in [-0.4, -0.2) is 16.6 Å². The first kappa shape index (κ1) is 18.9. The van der Waals surface area contributed by atoms with Gasteiger partial charge in [0.15, 0.2) is 0 Å². The summed E-state index contributed by atoms with van der Waals surface area (Å²) in [7, 11) is 0. The molecule has 1 atom stereocenters.